The second-order valence-corrected chi connectivity index (χ2v) is 7.82. The fraction of sp³-hybridized carbons (Fsp3) is 0.240. The third-order valence-electron chi connectivity index (χ3n) is 6.07. The van der Waals surface area contributed by atoms with Crippen LogP contribution in [0, 0.1) is 0 Å². The molecule has 1 aliphatic heterocycles. The normalized spacial score (nSPS) is 15.6. The molecule has 1 unspecified atom stereocenters. The Morgan fingerprint density at radius 2 is 1.81 bits per heavy atom. The molecule has 1 fully saturated rings. The van der Waals surface area contributed by atoms with Gasteiger partial charge in [0.1, 0.15) is 11.8 Å². The van der Waals surface area contributed by atoms with Gasteiger partial charge < -0.3 is 14.2 Å². The molecule has 7 nitrogen and oxygen atoms in total. The van der Waals surface area contributed by atoms with Crippen molar-refractivity contribution in [2.45, 2.75) is 6.17 Å². The summed E-state index contributed by atoms with van der Waals surface area (Å²) in [4.78, 5) is 25.5. The van der Waals surface area contributed by atoms with E-state index in [1.807, 2.05) is 53.4 Å². The van der Waals surface area contributed by atoms with Crippen molar-refractivity contribution in [2.75, 3.05) is 38.2 Å². The molecule has 0 aliphatic carbocycles. The summed E-state index contributed by atoms with van der Waals surface area (Å²) in [5.41, 5.74) is 4.21. The number of piperazine rings is 1. The minimum atomic E-state index is -0.356. The molecule has 3 aromatic heterocycles. The summed E-state index contributed by atoms with van der Waals surface area (Å²) >= 11 is 0. The number of methoxy groups -OCH3 is 1. The first-order chi connectivity index (χ1) is 15.8. The molecule has 0 radical (unpaired) electrons. The summed E-state index contributed by atoms with van der Waals surface area (Å²) in [5, 5.41) is 1.04. The standard InChI is InChI=1S/C25H25N5O2/c1-32-23-9-8-20(17-27-23)21-6-2-3-7-22(21)28-13-15-29(16-14-28)24(18-31)30-12-10-19-5-4-11-26-25(19)30/h2-12,17-18,24H,13-16H2,1H3. The Kier molecular flexibility index (Phi) is 5.56. The second kappa shape index (κ2) is 8.80. The Morgan fingerprint density at radius 1 is 0.969 bits per heavy atom. The molecule has 1 saturated heterocycles. The van der Waals surface area contributed by atoms with Crippen LogP contribution >= 0.6 is 0 Å². The van der Waals surface area contributed by atoms with E-state index in [0.717, 1.165) is 54.6 Å². The Morgan fingerprint density at radius 3 is 2.56 bits per heavy atom. The number of para-hydroxylation sites is 1. The van der Waals surface area contributed by atoms with Gasteiger partial charge in [0.25, 0.3) is 0 Å². The molecule has 1 atom stereocenters. The number of hydrogen-bond donors (Lipinski definition) is 0. The molecule has 162 valence electrons. The fourth-order valence-corrected chi connectivity index (χ4v) is 4.41. The molecule has 1 aromatic carbocycles. The lowest BCUT2D eigenvalue weighted by Gasteiger charge is -2.39. The molecule has 0 spiro atoms. The van der Waals surface area contributed by atoms with Gasteiger partial charge in [0.15, 0.2) is 6.29 Å². The highest BCUT2D eigenvalue weighted by Crippen LogP contribution is 2.32. The van der Waals surface area contributed by atoms with E-state index in [1.165, 1.54) is 5.69 Å². The van der Waals surface area contributed by atoms with Crippen LogP contribution in [0.3, 0.4) is 0 Å². The Labute approximate surface area is 186 Å². The van der Waals surface area contributed by atoms with Crippen molar-refractivity contribution in [3.05, 3.63) is 73.2 Å². The summed E-state index contributed by atoms with van der Waals surface area (Å²) in [6, 6.07) is 18.2. The Bertz CT molecular complexity index is 1210. The second-order valence-electron chi connectivity index (χ2n) is 7.82. The van der Waals surface area contributed by atoms with Crippen LogP contribution in [0.2, 0.25) is 0 Å². The van der Waals surface area contributed by atoms with Crippen LogP contribution < -0.4 is 9.64 Å². The van der Waals surface area contributed by atoms with Gasteiger partial charge in [-0.1, -0.05) is 18.2 Å². The molecule has 0 saturated carbocycles. The van der Waals surface area contributed by atoms with Crippen molar-refractivity contribution < 1.29 is 9.53 Å². The van der Waals surface area contributed by atoms with Crippen LogP contribution in [0.25, 0.3) is 22.2 Å². The molecule has 5 rings (SSSR count). The molecular formula is C25H25N5O2. The molecule has 4 heterocycles. The number of aromatic nitrogens is 3. The number of carbonyl (C=O) groups is 1. The predicted molar refractivity (Wildman–Crippen MR) is 125 cm³/mol. The molecule has 0 N–H and O–H groups in total. The zero-order valence-electron chi connectivity index (χ0n) is 18.0. The first kappa shape index (κ1) is 20.2. The number of anilines is 1. The number of nitrogens with zero attached hydrogens (tertiary/aromatic N) is 5. The SMILES string of the molecule is COc1ccc(-c2ccccc2N2CCN(C(C=O)n3ccc4cccnc43)CC2)cn1. The number of benzene rings is 1. The van der Waals surface area contributed by atoms with Gasteiger partial charge in [0, 0.05) is 73.0 Å². The predicted octanol–water partition coefficient (Wildman–Crippen LogP) is 3.63. The molecule has 0 bridgehead atoms. The molecule has 1 aliphatic rings. The summed E-state index contributed by atoms with van der Waals surface area (Å²) in [7, 11) is 1.62. The smallest absolute Gasteiger partial charge is 0.212 e. The largest absolute Gasteiger partial charge is 0.481 e. The van der Waals surface area contributed by atoms with Gasteiger partial charge in [0.2, 0.25) is 5.88 Å². The fourth-order valence-electron chi connectivity index (χ4n) is 4.41. The van der Waals surface area contributed by atoms with Gasteiger partial charge in [-0.15, -0.1) is 0 Å². The Balaban J connectivity index is 1.35. The van der Waals surface area contributed by atoms with E-state index in [0.29, 0.717) is 5.88 Å². The first-order valence-corrected chi connectivity index (χ1v) is 10.7. The topological polar surface area (TPSA) is 63.5 Å². The van der Waals surface area contributed by atoms with Gasteiger partial charge in [-0.3, -0.25) is 9.69 Å². The minimum Gasteiger partial charge on any atom is -0.481 e. The molecule has 4 aromatic rings. The lowest BCUT2D eigenvalue weighted by atomic mass is 10.0. The number of aldehydes is 1. The average Bonchev–Trinajstić information content (AvgIpc) is 3.29. The molecular weight excluding hydrogens is 402 g/mol. The van der Waals surface area contributed by atoms with Crippen LogP contribution in [0.5, 0.6) is 5.88 Å². The van der Waals surface area contributed by atoms with E-state index in [-0.39, 0.29) is 6.17 Å². The third-order valence-corrected chi connectivity index (χ3v) is 6.07. The quantitative estimate of drug-likeness (QED) is 0.438. The highest BCUT2D eigenvalue weighted by atomic mass is 16.5. The summed E-state index contributed by atoms with van der Waals surface area (Å²) in [6.45, 7) is 3.23. The van der Waals surface area contributed by atoms with E-state index in [9.17, 15) is 4.79 Å². The van der Waals surface area contributed by atoms with Crippen LogP contribution in [0.4, 0.5) is 5.69 Å². The van der Waals surface area contributed by atoms with E-state index in [4.69, 9.17) is 4.74 Å². The van der Waals surface area contributed by atoms with E-state index < -0.39 is 0 Å². The van der Waals surface area contributed by atoms with Gasteiger partial charge in [-0.25, -0.2) is 9.97 Å². The maximum Gasteiger partial charge on any atom is 0.212 e. The lowest BCUT2D eigenvalue weighted by Crippen LogP contribution is -2.49. The van der Waals surface area contributed by atoms with Crippen LogP contribution in [-0.2, 0) is 4.79 Å². The number of pyridine rings is 2. The molecule has 0 amide bonds. The van der Waals surface area contributed by atoms with Crippen LogP contribution in [0.15, 0.2) is 73.2 Å². The third kappa shape index (κ3) is 3.71. The maximum atomic E-state index is 12.1. The highest BCUT2D eigenvalue weighted by Gasteiger charge is 2.26. The first-order valence-electron chi connectivity index (χ1n) is 10.7. The molecule has 32 heavy (non-hydrogen) atoms. The minimum absolute atomic E-state index is 0.356. The number of carbonyl (C=O) groups excluding carboxylic acids is 1. The zero-order chi connectivity index (χ0) is 21.9. The number of rotatable bonds is 6. The van der Waals surface area contributed by atoms with Crippen molar-refractivity contribution in [1.82, 2.24) is 19.4 Å². The summed E-state index contributed by atoms with van der Waals surface area (Å²) < 4.78 is 7.16. The monoisotopic (exact) mass is 427 g/mol. The summed E-state index contributed by atoms with van der Waals surface area (Å²) in [6.07, 6.45) is 6.23. The Hall–Kier alpha value is -3.71. The van der Waals surface area contributed by atoms with Crippen molar-refractivity contribution in [3.8, 4) is 17.0 Å². The highest BCUT2D eigenvalue weighted by molar-refractivity contribution is 5.79. The zero-order valence-corrected chi connectivity index (χ0v) is 18.0. The number of hydrogen-bond acceptors (Lipinski definition) is 6. The van der Waals surface area contributed by atoms with Crippen molar-refractivity contribution in [1.29, 1.82) is 0 Å². The van der Waals surface area contributed by atoms with E-state index in [2.05, 4.69) is 38.0 Å². The summed E-state index contributed by atoms with van der Waals surface area (Å²) in [5.74, 6) is 0.603. The van der Waals surface area contributed by atoms with Gasteiger partial charge in [-0.05, 0) is 30.3 Å². The lowest BCUT2D eigenvalue weighted by molar-refractivity contribution is -0.115. The number of fused-ring (bicyclic) bond motifs is 1. The van der Waals surface area contributed by atoms with Crippen molar-refractivity contribution in [2.24, 2.45) is 0 Å². The van der Waals surface area contributed by atoms with Crippen molar-refractivity contribution in [3.63, 3.8) is 0 Å². The van der Waals surface area contributed by atoms with Crippen LogP contribution in [-0.4, -0.2) is 59.0 Å². The van der Waals surface area contributed by atoms with E-state index in [1.54, 1.807) is 13.3 Å². The van der Waals surface area contributed by atoms with Gasteiger partial charge >= 0.3 is 0 Å². The maximum absolute atomic E-state index is 12.1. The van der Waals surface area contributed by atoms with Crippen molar-refractivity contribution >= 4 is 23.0 Å². The van der Waals surface area contributed by atoms with Gasteiger partial charge in [0.05, 0.1) is 7.11 Å². The average molecular weight is 428 g/mol. The van der Waals surface area contributed by atoms with Crippen LogP contribution in [0.1, 0.15) is 6.17 Å². The number of ether oxygens (including phenoxy) is 1. The molecule has 7 heteroatoms. The van der Waals surface area contributed by atoms with E-state index >= 15 is 0 Å². The van der Waals surface area contributed by atoms with Gasteiger partial charge in [-0.2, -0.15) is 0 Å².